The summed E-state index contributed by atoms with van der Waals surface area (Å²) in [5.41, 5.74) is 1.90. The molecule has 0 radical (unpaired) electrons. The Labute approximate surface area is 138 Å². The second-order valence-electron chi connectivity index (χ2n) is 5.27. The molecule has 0 aliphatic carbocycles. The maximum absolute atomic E-state index is 13.1. The topological polar surface area (TPSA) is 83.6 Å². The molecule has 1 unspecified atom stereocenters. The smallest absolute Gasteiger partial charge is 0.252 e. The predicted molar refractivity (Wildman–Crippen MR) is 86.5 cm³/mol. The minimum Gasteiger partial charge on any atom is -0.345 e. The Morgan fingerprint density at radius 1 is 1.21 bits per heavy atom. The predicted octanol–water partition coefficient (Wildman–Crippen LogP) is 2.89. The van der Waals surface area contributed by atoms with Gasteiger partial charge in [0, 0.05) is 5.56 Å². The van der Waals surface area contributed by atoms with E-state index in [1.807, 2.05) is 6.92 Å². The zero-order valence-electron chi connectivity index (χ0n) is 13.0. The Hall–Kier alpha value is -3.09. The third kappa shape index (κ3) is 3.29. The Morgan fingerprint density at radius 2 is 1.96 bits per heavy atom. The van der Waals surface area contributed by atoms with Crippen LogP contribution in [0.2, 0.25) is 0 Å². The van der Waals surface area contributed by atoms with Crippen molar-refractivity contribution >= 4 is 5.91 Å². The van der Waals surface area contributed by atoms with Gasteiger partial charge in [0.1, 0.15) is 5.82 Å². The maximum atomic E-state index is 13.1. The Morgan fingerprint density at radius 3 is 2.62 bits per heavy atom. The minimum atomic E-state index is -0.303. The number of aromatic amines is 1. The van der Waals surface area contributed by atoms with E-state index in [0.717, 1.165) is 5.56 Å². The quantitative estimate of drug-likeness (QED) is 0.755. The van der Waals surface area contributed by atoms with Crippen molar-refractivity contribution in [3.8, 4) is 11.4 Å². The number of aromatic nitrogens is 4. The second-order valence-corrected chi connectivity index (χ2v) is 5.27. The van der Waals surface area contributed by atoms with Crippen LogP contribution in [0.15, 0.2) is 48.5 Å². The fourth-order valence-corrected chi connectivity index (χ4v) is 2.50. The third-order valence-electron chi connectivity index (χ3n) is 3.74. The highest BCUT2D eigenvalue weighted by Gasteiger charge is 2.18. The summed E-state index contributed by atoms with van der Waals surface area (Å²) in [5, 5.41) is 16.7. The number of rotatable bonds is 5. The van der Waals surface area contributed by atoms with Crippen molar-refractivity contribution in [3.63, 3.8) is 0 Å². The lowest BCUT2D eigenvalue weighted by molar-refractivity contribution is 0.0936. The lowest BCUT2D eigenvalue weighted by atomic mass is 10.0. The van der Waals surface area contributed by atoms with Crippen molar-refractivity contribution < 1.29 is 9.18 Å². The van der Waals surface area contributed by atoms with Gasteiger partial charge in [0.05, 0.1) is 11.6 Å². The van der Waals surface area contributed by atoms with E-state index < -0.39 is 0 Å². The highest BCUT2D eigenvalue weighted by Crippen LogP contribution is 2.22. The Balaban J connectivity index is 1.85. The molecule has 1 atom stereocenters. The summed E-state index contributed by atoms with van der Waals surface area (Å²) in [4.78, 5) is 12.7. The second kappa shape index (κ2) is 6.99. The first-order valence-electron chi connectivity index (χ1n) is 7.58. The molecule has 2 N–H and O–H groups in total. The molecule has 0 bridgehead atoms. The van der Waals surface area contributed by atoms with Crippen LogP contribution in [-0.4, -0.2) is 26.5 Å². The highest BCUT2D eigenvalue weighted by atomic mass is 19.1. The SMILES string of the molecule is CCC(NC(=O)c1ccccc1-c1nn[nH]n1)c1ccc(F)cc1. The van der Waals surface area contributed by atoms with E-state index in [9.17, 15) is 9.18 Å². The minimum absolute atomic E-state index is 0.212. The molecule has 1 amide bonds. The number of carbonyl (C=O) groups is 1. The summed E-state index contributed by atoms with van der Waals surface area (Å²) in [7, 11) is 0. The molecule has 0 spiro atoms. The summed E-state index contributed by atoms with van der Waals surface area (Å²) in [5.74, 6) is -0.190. The van der Waals surface area contributed by atoms with Gasteiger partial charge in [-0.05, 0) is 35.4 Å². The Kier molecular flexibility index (Phi) is 4.60. The number of carbonyl (C=O) groups excluding carboxylic acids is 1. The zero-order chi connectivity index (χ0) is 16.9. The van der Waals surface area contributed by atoms with Gasteiger partial charge in [-0.2, -0.15) is 5.21 Å². The van der Waals surface area contributed by atoms with Crippen molar-refractivity contribution in [2.75, 3.05) is 0 Å². The van der Waals surface area contributed by atoms with Gasteiger partial charge < -0.3 is 5.32 Å². The largest absolute Gasteiger partial charge is 0.345 e. The molecule has 0 saturated heterocycles. The van der Waals surface area contributed by atoms with Gasteiger partial charge >= 0.3 is 0 Å². The lowest BCUT2D eigenvalue weighted by Gasteiger charge is -2.18. The van der Waals surface area contributed by atoms with Crippen LogP contribution in [-0.2, 0) is 0 Å². The standard InChI is InChI=1S/C17H16FN5O/c1-2-15(11-7-9-12(18)10-8-11)19-17(24)14-6-4-3-5-13(14)16-20-22-23-21-16/h3-10,15H,2H2,1H3,(H,19,24)(H,20,21,22,23). The number of nitrogens with zero attached hydrogens (tertiary/aromatic N) is 3. The summed E-state index contributed by atoms with van der Waals surface area (Å²) in [6, 6.07) is 13.0. The van der Waals surface area contributed by atoms with Gasteiger partial charge in [-0.25, -0.2) is 4.39 Å². The van der Waals surface area contributed by atoms with Crippen LogP contribution < -0.4 is 5.32 Å². The first-order chi connectivity index (χ1) is 11.7. The number of benzene rings is 2. The molecule has 122 valence electrons. The molecule has 0 saturated carbocycles. The number of tetrazole rings is 1. The van der Waals surface area contributed by atoms with Crippen molar-refractivity contribution in [1.29, 1.82) is 0 Å². The van der Waals surface area contributed by atoms with Crippen molar-refractivity contribution in [1.82, 2.24) is 25.9 Å². The summed E-state index contributed by atoms with van der Waals surface area (Å²) < 4.78 is 13.1. The molecule has 3 aromatic rings. The fourth-order valence-electron chi connectivity index (χ4n) is 2.50. The van der Waals surface area contributed by atoms with Crippen LogP contribution >= 0.6 is 0 Å². The van der Waals surface area contributed by atoms with E-state index in [0.29, 0.717) is 23.4 Å². The molecule has 1 heterocycles. The number of nitrogens with one attached hydrogen (secondary N) is 2. The van der Waals surface area contributed by atoms with Crippen LogP contribution in [0.1, 0.15) is 35.3 Å². The number of amides is 1. The van der Waals surface area contributed by atoms with E-state index in [1.54, 1.807) is 36.4 Å². The van der Waals surface area contributed by atoms with E-state index in [-0.39, 0.29) is 17.8 Å². The summed E-state index contributed by atoms with van der Waals surface area (Å²) in [6.45, 7) is 1.96. The van der Waals surface area contributed by atoms with Crippen molar-refractivity contribution in [2.45, 2.75) is 19.4 Å². The van der Waals surface area contributed by atoms with Gasteiger partial charge in [-0.15, -0.1) is 10.2 Å². The number of hydrogen-bond acceptors (Lipinski definition) is 4. The molecular weight excluding hydrogens is 309 g/mol. The van der Waals surface area contributed by atoms with E-state index in [2.05, 4.69) is 25.9 Å². The molecule has 0 aliphatic heterocycles. The van der Waals surface area contributed by atoms with Gasteiger partial charge in [0.15, 0.2) is 0 Å². The lowest BCUT2D eigenvalue weighted by Crippen LogP contribution is -2.28. The van der Waals surface area contributed by atoms with Gasteiger partial charge in [-0.1, -0.05) is 37.3 Å². The first kappa shape index (κ1) is 15.8. The molecule has 3 rings (SSSR count). The van der Waals surface area contributed by atoms with Crippen LogP contribution in [0, 0.1) is 5.82 Å². The van der Waals surface area contributed by atoms with E-state index in [4.69, 9.17) is 0 Å². The molecule has 2 aromatic carbocycles. The Bertz CT molecular complexity index is 817. The molecular formula is C17H16FN5O. The monoisotopic (exact) mass is 325 g/mol. The average Bonchev–Trinajstić information content (AvgIpc) is 3.15. The van der Waals surface area contributed by atoms with E-state index in [1.165, 1.54) is 12.1 Å². The first-order valence-corrected chi connectivity index (χ1v) is 7.58. The summed E-state index contributed by atoms with van der Waals surface area (Å²) >= 11 is 0. The van der Waals surface area contributed by atoms with Crippen molar-refractivity contribution in [3.05, 3.63) is 65.5 Å². The number of halogens is 1. The van der Waals surface area contributed by atoms with Crippen LogP contribution in [0.3, 0.4) is 0 Å². The van der Waals surface area contributed by atoms with Gasteiger partial charge in [0.2, 0.25) is 5.82 Å². The number of H-pyrrole nitrogens is 1. The fraction of sp³-hybridized carbons (Fsp3) is 0.176. The highest BCUT2D eigenvalue weighted by molar-refractivity contribution is 6.00. The van der Waals surface area contributed by atoms with E-state index >= 15 is 0 Å². The molecule has 0 aliphatic rings. The molecule has 24 heavy (non-hydrogen) atoms. The van der Waals surface area contributed by atoms with Crippen LogP contribution in [0.25, 0.3) is 11.4 Å². The van der Waals surface area contributed by atoms with Crippen molar-refractivity contribution in [2.24, 2.45) is 0 Å². The molecule has 1 aromatic heterocycles. The molecule has 0 fully saturated rings. The van der Waals surface area contributed by atoms with Crippen LogP contribution in [0.5, 0.6) is 0 Å². The van der Waals surface area contributed by atoms with Gasteiger partial charge in [0.25, 0.3) is 5.91 Å². The third-order valence-corrected chi connectivity index (χ3v) is 3.74. The normalized spacial score (nSPS) is 11.9. The average molecular weight is 325 g/mol. The van der Waals surface area contributed by atoms with Gasteiger partial charge in [-0.3, -0.25) is 4.79 Å². The molecule has 6 nitrogen and oxygen atoms in total. The van der Waals surface area contributed by atoms with Crippen LogP contribution in [0.4, 0.5) is 4.39 Å². The summed E-state index contributed by atoms with van der Waals surface area (Å²) in [6.07, 6.45) is 0.682. The maximum Gasteiger partial charge on any atom is 0.252 e. The molecule has 7 heteroatoms. The number of hydrogen-bond donors (Lipinski definition) is 2. The zero-order valence-corrected chi connectivity index (χ0v) is 13.0.